The van der Waals surface area contributed by atoms with Crippen LogP contribution in [0.5, 0.6) is 11.5 Å². The highest BCUT2D eigenvalue weighted by atomic mass is 32.2. The van der Waals surface area contributed by atoms with Gasteiger partial charge < -0.3 is 18.4 Å². The van der Waals surface area contributed by atoms with E-state index in [1.54, 1.807) is 0 Å². The molecule has 0 aliphatic carbocycles. The summed E-state index contributed by atoms with van der Waals surface area (Å²) in [6.45, 7) is 4.15. The van der Waals surface area contributed by atoms with Crippen LogP contribution in [-0.2, 0) is 6.42 Å². The van der Waals surface area contributed by atoms with Crippen molar-refractivity contribution in [3.05, 3.63) is 29.9 Å². The van der Waals surface area contributed by atoms with Crippen LogP contribution >= 0.6 is 11.8 Å². The van der Waals surface area contributed by atoms with Crippen molar-refractivity contribution in [2.75, 3.05) is 6.79 Å². The van der Waals surface area contributed by atoms with E-state index in [0.717, 1.165) is 12.0 Å². The van der Waals surface area contributed by atoms with Crippen molar-refractivity contribution in [3.63, 3.8) is 0 Å². The third-order valence-corrected chi connectivity index (χ3v) is 4.37. The lowest BCUT2D eigenvalue weighted by atomic mass is 10.2. The van der Waals surface area contributed by atoms with Gasteiger partial charge in [0.1, 0.15) is 0 Å². The third-order valence-electron chi connectivity index (χ3n) is 3.45. The Balaban J connectivity index is 1.50. The first kappa shape index (κ1) is 15.0. The van der Waals surface area contributed by atoms with Crippen molar-refractivity contribution in [1.82, 2.24) is 20.3 Å². The Kier molecular flexibility index (Phi) is 3.85. The lowest BCUT2D eigenvalue weighted by Gasteiger charge is -2.01. The Bertz CT molecular complexity index is 863. The minimum absolute atomic E-state index is 0.0807. The van der Waals surface area contributed by atoms with Gasteiger partial charge >= 0.3 is 0 Å². The Hall–Kier alpha value is -2.55. The third kappa shape index (κ3) is 2.82. The maximum Gasteiger partial charge on any atom is 0.277 e. The quantitative estimate of drug-likeness (QED) is 0.645. The van der Waals surface area contributed by atoms with Gasteiger partial charge in [0.25, 0.3) is 5.22 Å². The summed E-state index contributed by atoms with van der Waals surface area (Å²) in [7, 11) is 0. The zero-order chi connectivity index (χ0) is 16.5. The van der Waals surface area contributed by atoms with E-state index in [4.69, 9.17) is 18.4 Å². The molecule has 0 spiro atoms. The molecule has 1 atom stereocenters. The van der Waals surface area contributed by atoms with E-state index in [2.05, 4.69) is 20.3 Å². The van der Waals surface area contributed by atoms with Crippen LogP contribution in [0.4, 0.5) is 0 Å². The van der Waals surface area contributed by atoms with Gasteiger partial charge in [-0.15, -0.1) is 10.2 Å². The van der Waals surface area contributed by atoms with Crippen LogP contribution in [0.15, 0.2) is 32.4 Å². The van der Waals surface area contributed by atoms with Crippen LogP contribution < -0.4 is 9.47 Å². The zero-order valence-electron chi connectivity index (χ0n) is 13.1. The molecule has 0 fully saturated rings. The number of nitrogens with zero attached hydrogens (tertiary/aromatic N) is 4. The number of hydrogen-bond acceptors (Lipinski definition) is 9. The number of thioether (sulfide) groups is 1. The topological polar surface area (TPSA) is 96.3 Å². The maximum absolute atomic E-state index is 5.71. The fraction of sp³-hybridized carbons (Fsp3) is 0.333. The number of aryl methyl sites for hydroxylation is 1. The van der Waals surface area contributed by atoms with Crippen molar-refractivity contribution in [2.24, 2.45) is 0 Å². The predicted octanol–water partition coefficient (Wildman–Crippen LogP) is 3.26. The smallest absolute Gasteiger partial charge is 0.277 e. The summed E-state index contributed by atoms with van der Waals surface area (Å²) in [5.41, 5.74) is 0.775. The van der Waals surface area contributed by atoms with Crippen LogP contribution in [0, 0.1) is 0 Å². The summed E-state index contributed by atoms with van der Waals surface area (Å²) in [6.07, 6.45) is 0.732. The van der Waals surface area contributed by atoms with Crippen LogP contribution in [0.2, 0.25) is 0 Å². The van der Waals surface area contributed by atoms with Crippen molar-refractivity contribution in [3.8, 4) is 23.0 Å². The molecule has 0 N–H and O–H groups in total. The summed E-state index contributed by atoms with van der Waals surface area (Å²) >= 11 is 1.37. The van der Waals surface area contributed by atoms with Crippen molar-refractivity contribution in [2.45, 2.75) is 30.7 Å². The molecule has 0 unspecified atom stereocenters. The molecule has 1 aliphatic rings. The number of ether oxygens (including phenoxy) is 2. The van der Waals surface area contributed by atoms with Crippen LogP contribution in [0.3, 0.4) is 0 Å². The summed E-state index contributed by atoms with van der Waals surface area (Å²) in [5.74, 6) is 3.03. The number of benzene rings is 1. The van der Waals surface area contributed by atoms with E-state index in [-0.39, 0.29) is 12.0 Å². The number of aromatic nitrogens is 4. The fourth-order valence-electron chi connectivity index (χ4n) is 2.18. The minimum atomic E-state index is -0.0807. The van der Waals surface area contributed by atoms with Crippen LogP contribution in [0.25, 0.3) is 11.5 Å². The van der Waals surface area contributed by atoms with Crippen molar-refractivity contribution >= 4 is 11.8 Å². The molecule has 0 saturated carbocycles. The van der Waals surface area contributed by atoms with E-state index < -0.39 is 0 Å². The first-order valence-electron chi connectivity index (χ1n) is 7.45. The second-order valence-electron chi connectivity index (χ2n) is 5.10. The molecule has 1 aromatic carbocycles. The van der Waals surface area contributed by atoms with Gasteiger partial charge in [-0.2, -0.15) is 4.98 Å². The van der Waals surface area contributed by atoms with E-state index in [0.29, 0.717) is 34.3 Å². The zero-order valence-corrected chi connectivity index (χ0v) is 13.9. The van der Waals surface area contributed by atoms with Crippen molar-refractivity contribution in [1.29, 1.82) is 0 Å². The van der Waals surface area contributed by atoms with Crippen molar-refractivity contribution < 1.29 is 18.4 Å². The highest BCUT2D eigenvalue weighted by Gasteiger charge is 2.20. The Morgan fingerprint density at radius 2 is 2.08 bits per heavy atom. The first-order valence-corrected chi connectivity index (χ1v) is 8.33. The van der Waals surface area contributed by atoms with E-state index in [1.807, 2.05) is 32.0 Å². The standard InChI is InChI=1S/C15H14N4O4S/c1-3-12-16-13(23-19-12)8(2)24-15-18-17-14(22-15)9-4-5-10-11(6-9)21-7-20-10/h4-6,8H,3,7H2,1-2H3/t8-/m1/s1. The maximum atomic E-state index is 5.71. The summed E-state index contributed by atoms with van der Waals surface area (Å²) in [6, 6.07) is 5.49. The SMILES string of the molecule is CCc1noc([C@@H](C)Sc2nnc(-c3ccc4c(c3)OCO4)o2)n1. The van der Waals surface area contributed by atoms with Crippen LogP contribution in [0.1, 0.15) is 30.8 Å². The van der Waals surface area contributed by atoms with Gasteiger partial charge in [0, 0.05) is 12.0 Å². The highest BCUT2D eigenvalue weighted by Crippen LogP contribution is 2.37. The summed E-state index contributed by atoms with van der Waals surface area (Å²) in [4.78, 5) is 4.31. The molecule has 3 heterocycles. The van der Waals surface area contributed by atoms with E-state index in [9.17, 15) is 0 Å². The van der Waals surface area contributed by atoms with E-state index in [1.165, 1.54) is 11.8 Å². The average Bonchev–Trinajstić information content (AvgIpc) is 3.33. The molecule has 0 amide bonds. The monoisotopic (exact) mass is 346 g/mol. The normalized spacial score (nSPS) is 14.1. The van der Waals surface area contributed by atoms with Gasteiger partial charge in [-0.25, -0.2) is 0 Å². The molecule has 8 nitrogen and oxygen atoms in total. The van der Waals surface area contributed by atoms with Gasteiger partial charge in [-0.3, -0.25) is 0 Å². The second-order valence-corrected chi connectivity index (χ2v) is 6.40. The summed E-state index contributed by atoms with van der Waals surface area (Å²) < 4.78 is 21.6. The lowest BCUT2D eigenvalue weighted by molar-refractivity contribution is 0.174. The molecule has 0 saturated heterocycles. The second kappa shape index (κ2) is 6.16. The van der Waals surface area contributed by atoms with Gasteiger partial charge in [0.15, 0.2) is 17.3 Å². The molecule has 2 aromatic heterocycles. The van der Waals surface area contributed by atoms with Gasteiger partial charge in [-0.1, -0.05) is 23.8 Å². The molecule has 0 bridgehead atoms. The number of fused-ring (bicyclic) bond motifs is 1. The van der Waals surface area contributed by atoms with Gasteiger partial charge in [-0.05, 0) is 25.1 Å². The number of rotatable bonds is 5. The molecule has 9 heteroatoms. The molecule has 3 aromatic rings. The predicted molar refractivity (Wildman–Crippen MR) is 83.8 cm³/mol. The fourth-order valence-corrected chi connectivity index (χ4v) is 2.90. The Labute approximate surface area is 141 Å². The highest BCUT2D eigenvalue weighted by molar-refractivity contribution is 7.99. The first-order chi connectivity index (χ1) is 11.7. The largest absolute Gasteiger partial charge is 0.454 e. The molecule has 0 radical (unpaired) electrons. The summed E-state index contributed by atoms with van der Waals surface area (Å²) in [5, 5.41) is 12.4. The molecular formula is C15H14N4O4S. The van der Waals surface area contributed by atoms with Crippen LogP contribution in [-0.4, -0.2) is 27.1 Å². The molecule has 24 heavy (non-hydrogen) atoms. The lowest BCUT2D eigenvalue weighted by Crippen LogP contribution is -1.92. The van der Waals surface area contributed by atoms with Gasteiger partial charge in [0.2, 0.25) is 18.6 Å². The molecule has 1 aliphatic heterocycles. The number of hydrogen-bond donors (Lipinski definition) is 0. The average molecular weight is 346 g/mol. The molecule has 4 rings (SSSR count). The van der Waals surface area contributed by atoms with E-state index >= 15 is 0 Å². The molecule has 124 valence electrons. The Morgan fingerprint density at radius 3 is 2.92 bits per heavy atom. The minimum Gasteiger partial charge on any atom is -0.454 e. The Morgan fingerprint density at radius 1 is 1.21 bits per heavy atom. The molecular weight excluding hydrogens is 332 g/mol. The van der Waals surface area contributed by atoms with Gasteiger partial charge in [0.05, 0.1) is 5.25 Å².